The van der Waals surface area contributed by atoms with Gasteiger partial charge in [-0.3, -0.25) is 9.88 Å². The predicted octanol–water partition coefficient (Wildman–Crippen LogP) is 2.73. The number of morpholine rings is 1. The van der Waals surface area contributed by atoms with Crippen LogP contribution in [0.4, 0.5) is 5.82 Å². The highest BCUT2D eigenvalue weighted by Crippen LogP contribution is 2.24. The molecule has 3 aromatic rings. The Morgan fingerprint density at radius 2 is 1.89 bits per heavy atom. The number of rotatable bonds is 6. The molecule has 142 valence electrons. The SMILES string of the molecule is CC(C)c1cc(NCC(c2ccncc2)N2CCOCC2)n2nccc2n1. The first-order valence-corrected chi connectivity index (χ1v) is 9.52. The molecule has 1 aliphatic heterocycles. The van der Waals surface area contributed by atoms with E-state index in [9.17, 15) is 0 Å². The van der Waals surface area contributed by atoms with Gasteiger partial charge in [-0.2, -0.15) is 9.61 Å². The fourth-order valence-electron chi connectivity index (χ4n) is 3.49. The van der Waals surface area contributed by atoms with E-state index < -0.39 is 0 Å². The van der Waals surface area contributed by atoms with E-state index >= 15 is 0 Å². The highest BCUT2D eigenvalue weighted by Gasteiger charge is 2.23. The molecule has 3 aromatic heterocycles. The van der Waals surface area contributed by atoms with Crippen LogP contribution in [0.1, 0.15) is 37.1 Å². The quantitative estimate of drug-likeness (QED) is 0.724. The van der Waals surface area contributed by atoms with Gasteiger partial charge in [0.2, 0.25) is 0 Å². The topological polar surface area (TPSA) is 67.6 Å². The minimum absolute atomic E-state index is 0.248. The first kappa shape index (κ1) is 17.9. The van der Waals surface area contributed by atoms with Crippen molar-refractivity contribution in [1.82, 2.24) is 24.5 Å². The Bertz CT molecular complexity index is 873. The van der Waals surface area contributed by atoms with Crippen LogP contribution in [0.5, 0.6) is 0 Å². The smallest absolute Gasteiger partial charge is 0.157 e. The predicted molar refractivity (Wildman–Crippen MR) is 105 cm³/mol. The summed E-state index contributed by atoms with van der Waals surface area (Å²) in [6.45, 7) is 8.51. The van der Waals surface area contributed by atoms with Gasteiger partial charge in [-0.25, -0.2) is 4.98 Å². The highest BCUT2D eigenvalue weighted by atomic mass is 16.5. The molecule has 1 fully saturated rings. The molecule has 4 heterocycles. The summed E-state index contributed by atoms with van der Waals surface area (Å²) in [5.41, 5.74) is 3.20. The highest BCUT2D eigenvalue weighted by molar-refractivity contribution is 5.49. The Labute approximate surface area is 159 Å². The van der Waals surface area contributed by atoms with Crippen LogP contribution in [0.3, 0.4) is 0 Å². The van der Waals surface area contributed by atoms with Gasteiger partial charge in [0.25, 0.3) is 0 Å². The number of ether oxygens (including phenoxy) is 1. The first-order valence-electron chi connectivity index (χ1n) is 9.52. The van der Waals surface area contributed by atoms with Crippen molar-refractivity contribution >= 4 is 11.5 Å². The number of anilines is 1. The minimum Gasteiger partial charge on any atom is -0.379 e. The Hall–Kier alpha value is -2.51. The van der Waals surface area contributed by atoms with Crippen molar-refractivity contribution in [3.8, 4) is 0 Å². The summed E-state index contributed by atoms with van der Waals surface area (Å²) in [6, 6.07) is 8.49. The lowest BCUT2D eigenvalue weighted by Gasteiger charge is -2.35. The van der Waals surface area contributed by atoms with Crippen LogP contribution < -0.4 is 5.32 Å². The van der Waals surface area contributed by atoms with Crippen molar-refractivity contribution in [2.75, 3.05) is 38.2 Å². The lowest BCUT2D eigenvalue weighted by atomic mass is 10.1. The third-order valence-electron chi connectivity index (χ3n) is 5.02. The van der Waals surface area contributed by atoms with Crippen LogP contribution in [-0.2, 0) is 4.74 Å². The van der Waals surface area contributed by atoms with Crippen molar-refractivity contribution < 1.29 is 4.74 Å². The molecule has 27 heavy (non-hydrogen) atoms. The van der Waals surface area contributed by atoms with Gasteiger partial charge in [0, 0.05) is 49.9 Å². The van der Waals surface area contributed by atoms with E-state index in [-0.39, 0.29) is 6.04 Å². The summed E-state index contributed by atoms with van der Waals surface area (Å²) in [5, 5.41) is 8.05. The molecule has 0 aromatic carbocycles. The van der Waals surface area contributed by atoms with Crippen LogP contribution in [0.25, 0.3) is 5.65 Å². The molecule has 1 N–H and O–H groups in total. The number of pyridine rings is 1. The van der Waals surface area contributed by atoms with E-state index in [2.05, 4.69) is 52.3 Å². The average Bonchev–Trinajstić information content (AvgIpc) is 3.18. The third-order valence-corrected chi connectivity index (χ3v) is 5.02. The lowest BCUT2D eigenvalue weighted by molar-refractivity contribution is 0.0187. The van der Waals surface area contributed by atoms with Crippen LogP contribution in [-0.4, -0.2) is 57.3 Å². The van der Waals surface area contributed by atoms with Gasteiger partial charge in [0.05, 0.1) is 25.5 Å². The molecule has 0 radical (unpaired) electrons. The number of nitrogens with zero attached hydrogens (tertiary/aromatic N) is 5. The van der Waals surface area contributed by atoms with Gasteiger partial charge in [-0.05, 0) is 23.6 Å². The number of hydrogen-bond donors (Lipinski definition) is 1. The third kappa shape index (κ3) is 3.94. The second-order valence-corrected chi connectivity index (χ2v) is 7.15. The summed E-state index contributed by atoms with van der Waals surface area (Å²) in [4.78, 5) is 11.3. The van der Waals surface area contributed by atoms with Gasteiger partial charge in [0.15, 0.2) is 5.65 Å². The zero-order valence-corrected chi connectivity index (χ0v) is 15.9. The molecule has 0 aliphatic carbocycles. The molecule has 7 heteroatoms. The molecular weight excluding hydrogens is 340 g/mol. The van der Waals surface area contributed by atoms with Crippen molar-refractivity contribution in [2.45, 2.75) is 25.8 Å². The second kappa shape index (κ2) is 8.02. The Balaban J connectivity index is 1.61. The van der Waals surface area contributed by atoms with Gasteiger partial charge >= 0.3 is 0 Å². The molecule has 4 rings (SSSR count). The number of hydrogen-bond acceptors (Lipinski definition) is 6. The van der Waals surface area contributed by atoms with E-state index in [0.29, 0.717) is 5.92 Å². The van der Waals surface area contributed by atoms with Crippen molar-refractivity contribution in [1.29, 1.82) is 0 Å². The molecule has 1 aliphatic rings. The summed E-state index contributed by atoms with van der Waals surface area (Å²) in [6.07, 6.45) is 5.51. The van der Waals surface area contributed by atoms with Gasteiger partial charge < -0.3 is 10.1 Å². The first-order chi connectivity index (χ1) is 13.2. The van der Waals surface area contributed by atoms with E-state index in [1.807, 2.05) is 23.0 Å². The van der Waals surface area contributed by atoms with E-state index in [0.717, 1.165) is 50.0 Å². The van der Waals surface area contributed by atoms with E-state index in [4.69, 9.17) is 9.72 Å². The Morgan fingerprint density at radius 1 is 1.11 bits per heavy atom. The Morgan fingerprint density at radius 3 is 2.63 bits per heavy atom. The van der Waals surface area contributed by atoms with Gasteiger partial charge in [0.1, 0.15) is 5.82 Å². The van der Waals surface area contributed by atoms with Crippen molar-refractivity contribution in [2.24, 2.45) is 0 Å². The fraction of sp³-hybridized carbons (Fsp3) is 0.450. The molecule has 7 nitrogen and oxygen atoms in total. The maximum absolute atomic E-state index is 5.54. The summed E-state index contributed by atoms with van der Waals surface area (Å²) in [5.74, 6) is 1.33. The van der Waals surface area contributed by atoms with E-state index in [1.165, 1.54) is 5.56 Å². The Kier molecular flexibility index (Phi) is 5.31. The molecule has 1 unspecified atom stereocenters. The van der Waals surface area contributed by atoms with Crippen molar-refractivity contribution in [3.63, 3.8) is 0 Å². The minimum atomic E-state index is 0.248. The van der Waals surface area contributed by atoms with Gasteiger partial charge in [-0.15, -0.1) is 0 Å². The number of fused-ring (bicyclic) bond motifs is 1. The second-order valence-electron chi connectivity index (χ2n) is 7.15. The summed E-state index contributed by atoms with van der Waals surface area (Å²) >= 11 is 0. The standard InChI is InChI=1S/C20H26N6O/c1-15(2)17-13-20(26-19(24-17)5-8-23-26)22-14-18(16-3-6-21-7-4-16)25-9-11-27-12-10-25/h3-8,13,15,18,22H,9-12,14H2,1-2H3. The molecule has 1 atom stereocenters. The number of aromatic nitrogens is 4. The largest absolute Gasteiger partial charge is 0.379 e. The normalized spacial score (nSPS) is 16.7. The summed E-state index contributed by atoms with van der Waals surface area (Å²) in [7, 11) is 0. The monoisotopic (exact) mass is 366 g/mol. The molecule has 1 saturated heterocycles. The molecule has 0 amide bonds. The fourth-order valence-corrected chi connectivity index (χ4v) is 3.49. The summed E-state index contributed by atoms with van der Waals surface area (Å²) < 4.78 is 7.41. The maximum atomic E-state index is 5.54. The zero-order valence-electron chi connectivity index (χ0n) is 15.9. The van der Waals surface area contributed by atoms with Crippen molar-refractivity contribution in [3.05, 3.63) is 54.1 Å². The van der Waals surface area contributed by atoms with Crippen LogP contribution in [0, 0.1) is 0 Å². The zero-order chi connectivity index (χ0) is 18.6. The van der Waals surface area contributed by atoms with Gasteiger partial charge in [-0.1, -0.05) is 13.8 Å². The lowest BCUT2D eigenvalue weighted by Crippen LogP contribution is -2.41. The van der Waals surface area contributed by atoms with Crippen LogP contribution in [0.15, 0.2) is 42.9 Å². The molecular formula is C20H26N6O. The molecule has 0 bridgehead atoms. The van der Waals surface area contributed by atoms with E-state index in [1.54, 1.807) is 6.20 Å². The maximum Gasteiger partial charge on any atom is 0.157 e. The van der Waals surface area contributed by atoms with Crippen LogP contribution in [0.2, 0.25) is 0 Å². The average molecular weight is 366 g/mol. The molecule has 0 saturated carbocycles. The van der Waals surface area contributed by atoms with Crippen LogP contribution >= 0.6 is 0 Å². The number of nitrogens with one attached hydrogen (secondary N) is 1. The molecule has 0 spiro atoms.